The van der Waals surface area contributed by atoms with Crippen LogP contribution in [-0.4, -0.2) is 17.9 Å². The average molecular weight is 245 g/mol. The molecular weight excluding hydrogens is 233 g/mol. The summed E-state index contributed by atoms with van der Waals surface area (Å²) in [6, 6.07) is 15.4. The highest BCUT2D eigenvalue weighted by molar-refractivity contribution is 6.32. The van der Waals surface area contributed by atoms with E-state index in [1.807, 2.05) is 48.5 Å². The van der Waals surface area contributed by atoms with Crippen LogP contribution in [0.5, 0.6) is 5.75 Å². The highest BCUT2D eigenvalue weighted by Gasteiger charge is 2.07. The van der Waals surface area contributed by atoms with Crippen LogP contribution in [0, 0.1) is 0 Å². The maximum atomic E-state index is 10.3. The summed E-state index contributed by atoms with van der Waals surface area (Å²) in [6.07, 6.45) is 2.23. The predicted octanol–water partition coefficient (Wildman–Crippen LogP) is 2.33. The van der Waals surface area contributed by atoms with E-state index in [1.54, 1.807) is 6.20 Å². The highest BCUT2D eigenvalue weighted by Crippen LogP contribution is 2.29. The molecule has 3 heteroatoms. The molecule has 0 saturated heterocycles. The summed E-state index contributed by atoms with van der Waals surface area (Å²) < 4.78 is 0. The Morgan fingerprint density at radius 1 is 1.00 bits per heavy atom. The van der Waals surface area contributed by atoms with Crippen molar-refractivity contribution in [1.82, 2.24) is 4.98 Å². The van der Waals surface area contributed by atoms with E-state index < -0.39 is 0 Å². The molecule has 0 aliphatic carbocycles. The van der Waals surface area contributed by atoms with Gasteiger partial charge in [0.05, 0.1) is 0 Å². The number of phenols is 1. The monoisotopic (exact) mass is 245 g/mol. The Hall–Kier alpha value is -2.29. The molecule has 0 amide bonds. The van der Waals surface area contributed by atoms with Crippen molar-refractivity contribution in [2.45, 2.75) is 6.42 Å². The summed E-state index contributed by atoms with van der Waals surface area (Å²) in [6.45, 7) is 0. The highest BCUT2D eigenvalue weighted by atomic mass is 16.3. The number of pyridine rings is 1. The van der Waals surface area contributed by atoms with Gasteiger partial charge in [0.25, 0.3) is 0 Å². The fraction of sp³-hybridized carbons (Fsp3) is 0.0625. The van der Waals surface area contributed by atoms with Crippen LogP contribution >= 0.6 is 0 Å². The van der Waals surface area contributed by atoms with Gasteiger partial charge in [0.2, 0.25) is 0 Å². The first kappa shape index (κ1) is 11.8. The van der Waals surface area contributed by atoms with E-state index in [4.69, 9.17) is 7.85 Å². The minimum Gasteiger partial charge on any atom is -0.507 e. The van der Waals surface area contributed by atoms with E-state index in [0.29, 0.717) is 17.6 Å². The second-order valence-corrected chi connectivity index (χ2v) is 4.55. The topological polar surface area (TPSA) is 33.1 Å². The van der Waals surface area contributed by atoms with Gasteiger partial charge in [-0.3, -0.25) is 4.98 Å². The Kier molecular flexibility index (Phi) is 2.96. The molecule has 2 radical (unpaired) electrons. The molecule has 0 atom stereocenters. The van der Waals surface area contributed by atoms with Crippen molar-refractivity contribution in [3.8, 4) is 5.75 Å². The van der Waals surface area contributed by atoms with Crippen molar-refractivity contribution in [3.63, 3.8) is 0 Å². The number of benzene rings is 2. The van der Waals surface area contributed by atoms with Crippen molar-refractivity contribution in [2.24, 2.45) is 0 Å². The van der Waals surface area contributed by atoms with E-state index in [9.17, 15) is 5.11 Å². The quantitative estimate of drug-likeness (QED) is 0.703. The van der Waals surface area contributed by atoms with Crippen molar-refractivity contribution >= 4 is 24.1 Å². The first-order valence-corrected chi connectivity index (χ1v) is 6.14. The lowest BCUT2D eigenvalue weighted by Gasteiger charge is -2.08. The number of hydrogen-bond acceptors (Lipinski definition) is 2. The molecule has 0 bridgehead atoms. The molecule has 0 aliphatic rings. The van der Waals surface area contributed by atoms with Gasteiger partial charge in [-0.2, -0.15) is 0 Å². The molecule has 2 aromatic carbocycles. The van der Waals surface area contributed by atoms with Gasteiger partial charge < -0.3 is 5.11 Å². The number of hydrogen-bond donors (Lipinski definition) is 1. The second-order valence-electron chi connectivity index (χ2n) is 4.55. The molecule has 0 spiro atoms. The second kappa shape index (κ2) is 4.77. The first-order valence-electron chi connectivity index (χ1n) is 6.14. The molecule has 0 fully saturated rings. The molecule has 0 unspecified atom stereocenters. The summed E-state index contributed by atoms with van der Waals surface area (Å²) in [5.41, 5.74) is 2.40. The molecule has 19 heavy (non-hydrogen) atoms. The molecule has 90 valence electrons. The fourth-order valence-corrected chi connectivity index (χ4v) is 2.18. The third kappa shape index (κ3) is 2.32. The maximum absolute atomic E-state index is 10.3. The zero-order valence-corrected chi connectivity index (χ0v) is 10.4. The summed E-state index contributed by atoms with van der Waals surface area (Å²) in [5.74, 6) is 0.330. The van der Waals surface area contributed by atoms with Crippen molar-refractivity contribution < 1.29 is 5.11 Å². The van der Waals surface area contributed by atoms with E-state index in [2.05, 4.69) is 4.98 Å². The first-order chi connectivity index (χ1) is 9.24. The summed E-state index contributed by atoms with van der Waals surface area (Å²) in [7, 11) is 5.61. The number of phenolic OH excluding ortho intramolecular Hbond substituents is 1. The number of aromatic nitrogens is 1. The molecule has 1 heterocycles. The largest absolute Gasteiger partial charge is 0.507 e. The normalized spacial score (nSPS) is 10.7. The Bertz CT molecular complexity index is 722. The molecule has 3 rings (SSSR count). The summed E-state index contributed by atoms with van der Waals surface area (Å²) in [4.78, 5) is 4.26. The Morgan fingerprint density at radius 2 is 1.84 bits per heavy atom. The van der Waals surface area contributed by atoms with Crippen molar-refractivity contribution in [3.05, 3.63) is 66.0 Å². The minimum absolute atomic E-state index is 0.330. The third-order valence-corrected chi connectivity index (χ3v) is 3.20. The van der Waals surface area contributed by atoms with E-state index in [-0.39, 0.29) is 0 Å². The van der Waals surface area contributed by atoms with Crippen LogP contribution in [0.25, 0.3) is 10.8 Å². The van der Waals surface area contributed by atoms with Gasteiger partial charge in [0.15, 0.2) is 0 Å². The Morgan fingerprint density at radius 3 is 2.63 bits per heavy atom. The SMILES string of the molecule is [B]c1ccc(Cc2ccc3ccccc3c2O)nc1. The Labute approximate surface area is 113 Å². The van der Waals surface area contributed by atoms with Gasteiger partial charge in [-0.25, -0.2) is 0 Å². The number of nitrogens with zero attached hydrogens (tertiary/aromatic N) is 1. The number of rotatable bonds is 2. The number of fused-ring (bicyclic) bond motifs is 1. The van der Waals surface area contributed by atoms with Gasteiger partial charge in [0, 0.05) is 29.3 Å². The predicted molar refractivity (Wildman–Crippen MR) is 78.0 cm³/mol. The lowest BCUT2D eigenvalue weighted by molar-refractivity contribution is 0.475. The molecule has 3 aromatic rings. The number of aromatic hydroxyl groups is 1. The molecular formula is C16H12BNO. The lowest BCUT2D eigenvalue weighted by Crippen LogP contribution is -2.04. The van der Waals surface area contributed by atoms with E-state index in [0.717, 1.165) is 22.0 Å². The third-order valence-electron chi connectivity index (χ3n) is 3.20. The van der Waals surface area contributed by atoms with Gasteiger partial charge in [-0.15, -0.1) is 0 Å². The van der Waals surface area contributed by atoms with Crippen LogP contribution in [0.3, 0.4) is 0 Å². The zero-order valence-electron chi connectivity index (χ0n) is 10.4. The maximum Gasteiger partial charge on any atom is 0.126 e. The molecule has 0 aliphatic heterocycles. The lowest BCUT2D eigenvalue weighted by atomic mass is 9.97. The van der Waals surface area contributed by atoms with Gasteiger partial charge in [-0.1, -0.05) is 47.9 Å². The summed E-state index contributed by atoms with van der Waals surface area (Å²) in [5, 5.41) is 12.2. The molecule has 0 saturated carbocycles. The van der Waals surface area contributed by atoms with Crippen LogP contribution in [0.15, 0.2) is 54.7 Å². The van der Waals surface area contributed by atoms with Crippen molar-refractivity contribution in [2.75, 3.05) is 0 Å². The van der Waals surface area contributed by atoms with Crippen molar-refractivity contribution in [1.29, 1.82) is 0 Å². The zero-order chi connectivity index (χ0) is 13.2. The van der Waals surface area contributed by atoms with Crippen LogP contribution in [-0.2, 0) is 6.42 Å². The van der Waals surface area contributed by atoms with Crippen LogP contribution in [0.2, 0.25) is 0 Å². The fourth-order valence-electron chi connectivity index (χ4n) is 2.18. The van der Waals surface area contributed by atoms with E-state index >= 15 is 0 Å². The van der Waals surface area contributed by atoms with Crippen LogP contribution in [0.1, 0.15) is 11.3 Å². The minimum atomic E-state index is 0.330. The molecule has 1 aromatic heterocycles. The summed E-state index contributed by atoms with van der Waals surface area (Å²) >= 11 is 0. The van der Waals surface area contributed by atoms with Gasteiger partial charge in [0.1, 0.15) is 13.6 Å². The van der Waals surface area contributed by atoms with Crippen LogP contribution in [0.4, 0.5) is 0 Å². The van der Waals surface area contributed by atoms with E-state index in [1.165, 1.54) is 0 Å². The van der Waals surface area contributed by atoms with Crippen LogP contribution < -0.4 is 5.46 Å². The average Bonchev–Trinajstić information content (AvgIpc) is 2.45. The smallest absolute Gasteiger partial charge is 0.126 e. The standard InChI is InChI=1S/C16H12BNO/c17-13-7-8-14(18-10-13)9-12-6-5-11-3-1-2-4-15(11)16(12)19/h1-8,10,19H,9H2. The van der Waals surface area contributed by atoms with Gasteiger partial charge in [-0.05, 0) is 11.5 Å². The molecule has 2 nitrogen and oxygen atoms in total. The molecule has 1 N–H and O–H groups in total. The Balaban J connectivity index is 2.01. The van der Waals surface area contributed by atoms with Gasteiger partial charge >= 0.3 is 0 Å².